The summed E-state index contributed by atoms with van der Waals surface area (Å²) in [4.78, 5) is 17.4. The zero-order chi connectivity index (χ0) is 20.7. The molecule has 1 aliphatic rings. The Morgan fingerprint density at radius 3 is 2.41 bits per heavy atom. The molecule has 0 unspecified atom stereocenters. The summed E-state index contributed by atoms with van der Waals surface area (Å²) >= 11 is 0. The van der Waals surface area contributed by atoms with Crippen LogP contribution < -0.4 is 19.5 Å². The minimum absolute atomic E-state index is 0.0275. The van der Waals surface area contributed by atoms with Gasteiger partial charge in [0.15, 0.2) is 17.3 Å². The van der Waals surface area contributed by atoms with E-state index in [1.807, 2.05) is 47.9 Å². The van der Waals surface area contributed by atoms with Crippen molar-refractivity contribution in [1.82, 2.24) is 9.55 Å². The molecule has 0 saturated carbocycles. The first kappa shape index (κ1) is 18.9. The summed E-state index contributed by atoms with van der Waals surface area (Å²) in [6.45, 7) is 3.46. The molecule has 1 N–H and O–H groups in total. The van der Waals surface area contributed by atoms with Gasteiger partial charge >= 0.3 is 0 Å². The number of ketones is 1. The van der Waals surface area contributed by atoms with Crippen LogP contribution in [0.3, 0.4) is 0 Å². The third-order valence-corrected chi connectivity index (χ3v) is 5.24. The molecule has 0 amide bonds. The number of Topliss-reactive ketones (excluding diaryl/α,β-unsaturated/α-hetero) is 1. The Morgan fingerprint density at radius 2 is 1.76 bits per heavy atom. The molecule has 150 valence electrons. The first-order valence-electron chi connectivity index (χ1n) is 9.26. The smallest absolute Gasteiger partial charge is 0.209 e. The summed E-state index contributed by atoms with van der Waals surface area (Å²) in [6, 6.07) is 11.2. The molecule has 0 bridgehead atoms. The lowest BCUT2D eigenvalue weighted by Gasteiger charge is -2.31. The minimum Gasteiger partial charge on any atom is -0.493 e. The van der Waals surface area contributed by atoms with Crippen molar-refractivity contribution in [2.24, 2.45) is 0 Å². The molecule has 1 aromatic heterocycles. The molecule has 3 aromatic rings. The molecule has 2 aromatic carbocycles. The number of anilines is 1. The van der Waals surface area contributed by atoms with Gasteiger partial charge in [-0.15, -0.1) is 0 Å². The van der Waals surface area contributed by atoms with Gasteiger partial charge in [-0.05, 0) is 38.1 Å². The fraction of sp³-hybridized carbons (Fsp3) is 0.273. The second-order valence-corrected chi connectivity index (χ2v) is 6.84. The van der Waals surface area contributed by atoms with Crippen LogP contribution in [0.15, 0.2) is 47.7 Å². The van der Waals surface area contributed by atoms with Gasteiger partial charge in [0, 0.05) is 16.8 Å². The number of para-hydroxylation sites is 2. The Bertz CT molecular complexity index is 1150. The van der Waals surface area contributed by atoms with E-state index in [2.05, 4.69) is 5.32 Å². The van der Waals surface area contributed by atoms with Crippen molar-refractivity contribution in [3.05, 3.63) is 53.2 Å². The molecule has 4 rings (SSSR count). The van der Waals surface area contributed by atoms with Crippen LogP contribution in [0.1, 0.15) is 25.5 Å². The van der Waals surface area contributed by atoms with E-state index in [0.717, 1.165) is 22.3 Å². The second kappa shape index (κ2) is 7.16. The van der Waals surface area contributed by atoms with Crippen molar-refractivity contribution in [2.45, 2.75) is 19.9 Å². The normalized spacial score (nSPS) is 15.7. The van der Waals surface area contributed by atoms with Gasteiger partial charge in [0.2, 0.25) is 11.7 Å². The average Bonchev–Trinajstić information content (AvgIpc) is 3.08. The number of carbonyl (C=O) groups is 1. The molecule has 0 fully saturated rings. The molecule has 29 heavy (non-hydrogen) atoms. The Labute approximate surface area is 168 Å². The Morgan fingerprint density at radius 1 is 1.03 bits per heavy atom. The second-order valence-electron chi connectivity index (χ2n) is 6.84. The molecule has 1 aliphatic heterocycles. The number of imidazole rings is 1. The van der Waals surface area contributed by atoms with Crippen molar-refractivity contribution in [2.75, 3.05) is 26.6 Å². The fourth-order valence-corrected chi connectivity index (χ4v) is 4.05. The predicted molar refractivity (Wildman–Crippen MR) is 111 cm³/mol. The maximum atomic E-state index is 12.7. The zero-order valence-electron chi connectivity index (χ0n) is 17.1. The summed E-state index contributed by atoms with van der Waals surface area (Å²) in [5.41, 5.74) is 3.97. The van der Waals surface area contributed by atoms with E-state index in [4.69, 9.17) is 19.2 Å². The topological polar surface area (TPSA) is 74.6 Å². The molecule has 0 aliphatic carbocycles. The van der Waals surface area contributed by atoms with Crippen LogP contribution in [0.5, 0.6) is 17.2 Å². The molecular weight excluding hydrogens is 370 g/mol. The fourth-order valence-electron chi connectivity index (χ4n) is 4.05. The van der Waals surface area contributed by atoms with E-state index in [0.29, 0.717) is 28.8 Å². The van der Waals surface area contributed by atoms with Crippen molar-refractivity contribution in [1.29, 1.82) is 0 Å². The van der Waals surface area contributed by atoms with Gasteiger partial charge in [0.05, 0.1) is 38.4 Å². The highest BCUT2D eigenvalue weighted by atomic mass is 16.5. The van der Waals surface area contributed by atoms with Gasteiger partial charge in [0.1, 0.15) is 0 Å². The molecule has 0 radical (unpaired) electrons. The monoisotopic (exact) mass is 393 g/mol. The summed E-state index contributed by atoms with van der Waals surface area (Å²) in [5.74, 6) is 2.21. The average molecular weight is 393 g/mol. The van der Waals surface area contributed by atoms with Crippen molar-refractivity contribution in [3.63, 3.8) is 0 Å². The lowest BCUT2D eigenvalue weighted by Crippen LogP contribution is -2.27. The third-order valence-electron chi connectivity index (χ3n) is 5.24. The maximum Gasteiger partial charge on any atom is 0.209 e. The van der Waals surface area contributed by atoms with E-state index in [1.54, 1.807) is 28.3 Å². The van der Waals surface area contributed by atoms with E-state index in [-0.39, 0.29) is 5.78 Å². The van der Waals surface area contributed by atoms with Gasteiger partial charge in [-0.25, -0.2) is 4.98 Å². The Balaban J connectivity index is 2.07. The van der Waals surface area contributed by atoms with E-state index in [1.165, 1.54) is 0 Å². The number of nitrogens with zero attached hydrogens (tertiary/aromatic N) is 2. The van der Waals surface area contributed by atoms with Crippen LogP contribution in [0.2, 0.25) is 0 Å². The van der Waals surface area contributed by atoms with Gasteiger partial charge in [0.25, 0.3) is 0 Å². The summed E-state index contributed by atoms with van der Waals surface area (Å²) in [5, 5.41) is 3.28. The number of benzene rings is 2. The quantitative estimate of drug-likeness (QED) is 0.708. The van der Waals surface area contributed by atoms with Gasteiger partial charge in [-0.1, -0.05) is 12.1 Å². The molecule has 7 nitrogen and oxygen atoms in total. The van der Waals surface area contributed by atoms with Crippen LogP contribution in [-0.2, 0) is 4.79 Å². The molecule has 2 heterocycles. The lowest BCUT2D eigenvalue weighted by atomic mass is 9.91. The van der Waals surface area contributed by atoms with E-state index < -0.39 is 6.04 Å². The minimum atomic E-state index is -0.425. The van der Waals surface area contributed by atoms with Gasteiger partial charge in [-0.3, -0.25) is 9.36 Å². The maximum absolute atomic E-state index is 12.7. The molecule has 0 spiro atoms. The number of allylic oxidation sites excluding steroid dienone is 2. The number of aromatic nitrogens is 2. The molecule has 7 heteroatoms. The van der Waals surface area contributed by atoms with Crippen molar-refractivity contribution in [3.8, 4) is 17.2 Å². The number of hydrogen-bond acceptors (Lipinski definition) is 6. The predicted octanol–water partition coefficient (Wildman–Crippen LogP) is 3.94. The van der Waals surface area contributed by atoms with Crippen LogP contribution >= 0.6 is 0 Å². The van der Waals surface area contributed by atoms with Gasteiger partial charge in [-0.2, -0.15) is 0 Å². The van der Waals surface area contributed by atoms with Crippen molar-refractivity contribution < 1.29 is 19.0 Å². The SMILES string of the molecule is COc1ccc([C@H]2C(C(C)=O)=C(C)Nc3nc4ccccc4n32)c(OC)c1OC. The standard InChI is InChI=1S/C22H23N3O4/c1-12-18(13(2)26)19(14-10-11-17(27-3)21(29-5)20(14)28-4)25-16-9-7-6-8-15(16)24-22(25)23-12/h6-11,19H,1-5H3,(H,23,24)/t19-/m0/s1. The molecule has 0 saturated heterocycles. The molecular formula is C22H23N3O4. The zero-order valence-corrected chi connectivity index (χ0v) is 17.1. The third kappa shape index (κ3) is 2.81. The first-order valence-corrected chi connectivity index (χ1v) is 9.26. The number of methoxy groups -OCH3 is 3. The van der Waals surface area contributed by atoms with E-state index >= 15 is 0 Å². The highest BCUT2D eigenvalue weighted by Crippen LogP contribution is 2.48. The highest BCUT2D eigenvalue weighted by molar-refractivity contribution is 5.98. The van der Waals surface area contributed by atoms with E-state index in [9.17, 15) is 4.79 Å². The number of hydrogen-bond donors (Lipinski definition) is 1. The Kier molecular flexibility index (Phi) is 4.66. The van der Waals surface area contributed by atoms with Crippen LogP contribution in [0.4, 0.5) is 5.95 Å². The Hall–Kier alpha value is -3.48. The molecule has 1 atom stereocenters. The van der Waals surface area contributed by atoms with Crippen LogP contribution in [0, 0.1) is 0 Å². The number of fused-ring (bicyclic) bond motifs is 3. The highest BCUT2D eigenvalue weighted by Gasteiger charge is 2.35. The van der Waals surface area contributed by atoms with Gasteiger partial charge < -0.3 is 19.5 Å². The lowest BCUT2D eigenvalue weighted by molar-refractivity contribution is -0.114. The number of carbonyl (C=O) groups excluding carboxylic acids is 1. The van der Waals surface area contributed by atoms with Crippen LogP contribution in [0.25, 0.3) is 11.0 Å². The largest absolute Gasteiger partial charge is 0.493 e. The first-order chi connectivity index (χ1) is 14.0. The summed E-state index contributed by atoms with van der Waals surface area (Å²) in [7, 11) is 4.73. The number of ether oxygens (including phenoxy) is 3. The van der Waals surface area contributed by atoms with Crippen molar-refractivity contribution >= 4 is 22.8 Å². The number of nitrogens with one attached hydrogen (secondary N) is 1. The number of rotatable bonds is 5. The van der Waals surface area contributed by atoms with Crippen LogP contribution in [-0.4, -0.2) is 36.7 Å². The summed E-state index contributed by atoms with van der Waals surface area (Å²) in [6.07, 6.45) is 0. The summed E-state index contributed by atoms with van der Waals surface area (Å²) < 4.78 is 18.8.